The fourth-order valence-electron chi connectivity index (χ4n) is 1.70. The molecule has 0 amide bonds. The molecule has 1 N–H and O–H groups in total. The summed E-state index contributed by atoms with van der Waals surface area (Å²) in [7, 11) is -3.81. The van der Waals surface area contributed by atoms with Crippen molar-refractivity contribution in [3.8, 4) is 11.3 Å². The van der Waals surface area contributed by atoms with Gasteiger partial charge in [-0.15, -0.1) is 11.3 Å². The Morgan fingerprint density at radius 3 is 2.64 bits per heavy atom. The molecular weight excluding hydrogens is 324 g/mol. The number of esters is 1. The number of thiazole rings is 1. The molecule has 0 fully saturated rings. The number of nitrogens with one attached hydrogen (secondary N) is 1. The van der Waals surface area contributed by atoms with Crippen LogP contribution < -0.4 is 4.72 Å². The van der Waals surface area contributed by atoms with Crippen LogP contribution in [0, 0.1) is 6.92 Å². The summed E-state index contributed by atoms with van der Waals surface area (Å²) in [6.45, 7) is 3.75. The summed E-state index contributed by atoms with van der Waals surface area (Å²) >= 11 is 1.16. The normalized spacial score (nSPS) is 11.2. The Morgan fingerprint density at radius 2 is 2.00 bits per heavy atom. The molecule has 8 heteroatoms. The van der Waals surface area contributed by atoms with Gasteiger partial charge in [0.2, 0.25) is 10.0 Å². The van der Waals surface area contributed by atoms with Crippen molar-refractivity contribution in [1.82, 2.24) is 4.98 Å². The first-order valence-electron chi connectivity index (χ1n) is 6.58. The minimum Gasteiger partial charge on any atom is -0.465 e. The first-order chi connectivity index (χ1) is 10.4. The van der Waals surface area contributed by atoms with Gasteiger partial charge in [-0.1, -0.05) is 29.8 Å². The van der Waals surface area contributed by atoms with Gasteiger partial charge in [-0.05, 0) is 13.8 Å². The van der Waals surface area contributed by atoms with Crippen LogP contribution in [-0.4, -0.2) is 31.7 Å². The molecule has 0 atom stereocenters. The molecule has 0 saturated heterocycles. The highest BCUT2D eigenvalue weighted by Gasteiger charge is 2.19. The van der Waals surface area contributed by atoms with Crippen molar-refractivity contribution in [3.05, 3.63) is 35.2 Å². The zero-order chi connectivity index (χ0) is 16.2. The van der Waals surface area contributed by atoms with Crippen molar-refractivity contribution in [3.63, 3.8) is 0 Å². The molecule has 6 nitrogen and oxygen atoms in total. The monoisotopic (exact) mass is 340 g/mol. The maximum absolute atomic E-state index is 11.8. The van der Waals surface area contributed by atoms with E-state index in [0.29, 0.717) is 5.69 Å². The lowest BCUT2D eigenvalue weighted by molar-refractivity contribution is -0.139. The Morgan fingerprint density at radius 1 is 1.32 bits per heavy atom. The Balaban J connectivity index is 2.08. The Hall–Kier alpha value is -1.93. The number of carbonyl (C=O) groups is 1. The third kappa shape index (κ3) is 4.54. The lowest BCUT2D eigenvalue weighted by atomic mass is 10.1. The highest BCUT2D eigenvalue weighted by atomic mass is 32.2. The first-order valence-corrected chi connectivity index (χ1v) is 9.11. The highest BCUT2D eigenvalue weighted by molar-refractivity contribution is 7.93. The summed E-state index contributed by atoms with van der Waals surface area (Å²) < 4.78 is 30.6. The molecule has 22 heavy (non-hydrogen) atoms. The molecule has 0 spiro atoms. The molecule has 0 unspecified atom stereocenters. The van der Waals surface area contributed by atoms with E-state index < -0.39 is 21.7 Å². The van der Waals surface area contributed by atoms with E-state index in [2.05, 4.69) is 14.4 Å². The third-order valence-corrected chi connectivity index (χ3v) is 4.71. The van der Waals surface area contributed by atoms with Crippen LogP contribution in [0.1, 0.15) is 12.5 Å². The number of aryl methyl sites for hydroxylation is 1. The summed E-state index contributed by atoms with van der Waals surface area (Å²) in [4.78, 5) is 15.5. The first kappa shape index (κ1) is 16.4. The fourth-order valence-corrected chi connectivity index (χ4v) is 3.62. The second kappa shape index (κ2) is 6.89. The fraction of sp³-hybridized carbons (Fsp3) is 0.286. The number of sulfonamides is 1. The molecule has 2 aromatic rings. The van der Waals surface area contributed by atoms with Gasteiger partial charge < -0.3 is 4.74 Å². The molecular formula is C14H16N2O4S2. The lowest BCUT2D eigenvalue weighted by Gasteiger charge is -2.04. The van der Waals surface area contributed by atoms with Crippen LogP contribution in [-0.2, 0) is 19.6 Å². The van der Waals surface area contributed by atoms with Gasteiger partial charge in [0, 0.05) is 10.9 Å². The van der Waals surface area contributed by atoms with Crippen LogP contribution in [0.2, 0.25) is 0 Å². The van der Waals surface area contributed by atoms with Crippen molar-refractivity contribution in [2.24, 2.45) is 0 Å². The molecule has 1 heterocycles. The maximum atomic E-state index is 11.8. The van der Waals surface area contributed by atoms with E-state index in [0.717, 1.165) is 22.5 Å². The number of benzene rings is 1. The van der Waals surface area contributed by atoms with Crippen LogP contribution in [0.4, 0.5) is 5.13 Å². The van der Waals surface area contributed by atoms with E-state index in [1.807, 2.05) is 31.2 Å². The second-order valence-corrected chi connectivity index (χ2v) is 7.15. The van der Waals surface area contributed by atoms with Crippen LogP contribution in [0.3, 0.4) is 0 Å². The Kier molecular flexibility index (Phi) is 5.15. The van der Waals surface area contributed by atoms with E-state index in [1.54, 1.807) is 12.3 Å². The van der Waals surface area contributed by atoms with Crippen LogP contribution in [0.5, 0.6) is 0 Å². The molecule has 0 saturated carbocycles. The van der Waals surface area contributed by atoms with Gasteiger partial charge in [0.05, 0.1) is 12.3 Å². The minimum absolute atomic E-state index is 0.142. The van der Waals surface area contributed by atoms with Gasteiger partial charge in [0.15, 0.2) is 10.9 Å². The predicted octanol–water partition coefficient (Wildman–Crippen LogP) is 2.42. The van der Waals surface area contributed by atoms with Crippen molar-refractivity contribution in [1.29, 1.82) is 0 Å². The van der Waals surface area contributed by atoms with Crippen LogP contribution in [0.15, 0.2) is 29.6 Å². The smallest absolute Gasteiger partial charge is 0.323 e. The zero-order valence-corrected chi connectivity index (χ0v) is 13.8. The van der Waals surface area contributed by atoms with Crippen LogP contribution >= 0.6 is 11.3 Å². The van der Waals surface area contributed by atoms with Gasteiger partial charge in [-0.2, -0.15) is 0 Å². The van der Waals surface area contributed by atoms with E-state index in [9.17, 15) is 13.2 Å². The summed E-state index contributed by atoms with van der Waals surface area (Å²) in [5.74, 6) is -1.51. The molecule has 2 rings (SSSR count). The Labute approximate surface area is 133 Å². The van der Waals surface area contributed by atoms with Gasteiger partial charge >= 0.3 is 5.97 Å². The number of rotatable bonds is 6. The van der Waals surface area contributed by atoms with Gasteiger partial charge in [-0.3, -0.25) is 9.52 Å². The molecule has 0 aliphatic carbocycles. The van der Waals surface area contributed by atoms with E-state index in [1.165, 1.54) is 0 Å². The van der Waals surface area contributed by atoms with Crippen molar-refractivity contribution >= 4 is 32.5 Å². The van der Waals surface area contributed by atoms with Crippen molar-refractivity contribution in [2.45, 2.75) is 13.8 Å². The topological polar surface area (TPSA) is 85.4 Å². The highest BCUT2D eigenvalue weighted by Crippen LogP contribution is 2.25. The molecule has 1 aromatic heterocycles. The number of hydrogen-bond acceptors (Lipinski definition) is 6. The third-order valence-electron chi connectivity index (χ3n) is 2.71. The number of aromatic nitrogens is 1. The number of anilines is 1. The molecule has 0 radical (unpaired) electrons. The average molecular weight is 340 g/mol. The summed E-state index contributed by atoms with van der Waals surface area (Å²) in [5.41, 5.74) is 2.71. The van der Waals surface area contributed by atoms with E-state index in [-0.39, 0.29) is 11.7 Å². The largest absolute Gasteiger partial charge is 0.465 e. The number of carbonyl (C=O) groups excluding carboxylic acids is 1. The molecule has 0 aliphatic rings. The SMILES string of the molecule is CCOC(=O)CS(=O)(=O)Nc1nc(-c2ccc(C)cc2)cs1. The Bertz CT molecular complexity index is 751. The van der Waals surface area contributed by atoms with Gasteiger partial charge in [0.25, 0.3) is 0 Å². The molecule has 1 aromatic carbocycles. The summed E-state index contributed by atoms with van der Waals surface area (Å²) in [5, 5.41) is 1.98. The van der Waals surface area contributed by atoms with Crippen LogP contribution in [0.25, 0.3) is 11.3 Å². The van der Waals surface area contributed by atoms with Gasteiger partial charge in [0.1, 0.15) is 0 Å². The summed E-state index contributed by atoms with van der Waals surface area (Å²) in [6.07, 6.45) is 0. The molecule has 0 aliphatic heterocycles. The number of nitrogens with zero attached hydrogens (tertiary/aromatic N) is 1. The second-order valence-electron chi connectivity index (χ2n) is 4.57. The van der Waals surface area contributed by atoms with Crippen molar-refractivity contribution < 1.29 is 17.9 Å². The lowest BCUT2D eigenvalue weighted by Crippen LogP contribution is -2.24. The quantitative estimate of drug-likeness (QED) is 0.816. The standard InChI is InChI=1S/C14H16N2O4S2/c1-3-20-13(17)9-22(18,19)16-14-15-12(8-21-14)11-6-4-10(2)5-7-11/h4-8H,3,9H2,1-2H3,(H,15,16). The molecule has 118 valence electrons. The van der Waals surface area contributed by atoms with E-state index in [4.69, 9.17) is 0 Å². The summed E-state index contributed by atoms with van der Waals surface area (Å²) in [6, 6.07) is 7.75. The van der Waals surface area contributed by atoms with Crippen molar-refractivity contribution in [2.75, 3.05) is 17.1 Å². The maximum Gasteiger partial charge on any atom is 0.323 e. The minimum atomic E-state index is -3.81. The van der Waals surface area contributed by atoms with Gasteiger partial charge in [-0.25, -0.2) is 13.4 Å². The predicted molar refractivity (Wildman–Crippen MR) is 86.3 cm³/mol. The number of hydrogen-bond donors (Lipinski definition) is 1. The zero-order valence-electron chi connectivity index (χ0n) is 12.2. The molecule has 0 bridgehead atoms. The number of ether oxygens (including phenoxy) is 1. The average Bonchev–Trinajstić information content (AvgIpc) is 2.86. The van der Waals surface area contributed by atoms with E-state index >= 15 is 0 Å².